The van der Waals surface area contributed by atoms with Gasteiger partial charge in [0.2, 0.25) is 5.83 Å². The quantitative estimate of drug-likeness (QED) is 0.762. The molecule has 1 aliphatic heterocycles. The van der Waals surface area contributed by atoms with E-state index in [0.29, 0.717) is 11.3 Å². The lowest BCUT2D eigenvalue weighted by Gasteiger charge is -2.34. The third kappa shape index (κ3) is 2.16. The van der Waals surface area contributed by atoms with Gasteiger partial charge in [0, 0.05) is 17.6 Å². The molecule has 0 atom stereocenters. The second-order valence-corrected chi connectivity index (χ2v) is 4.63. The SMILES string of the molecule is CC1(C)C/C(=C(/F)C(=O)O)c2ccccc2O1. The lowest BCUT2D eigenvalue weighted by molar-refractivity contribution is -0.134. The molecule has 90 valence electrons. The number of halogens is 1. The van der Waals surface area contributed by atoms with Gasteiger partial charge in [-0.1, -0.05) is 18.2 Å². The summed E-state index contributed by atoms with van der Waals surface area (Å²) in [5.74, 6) is -2.11. The maximum atomic E-state index is 13.7. The van der Waals surface area contributed by atoms with Crippen LogP contribution in [0.3, 0.4) is 0 Å². The first-order valence-electron chi connectivity index (χ1n) is 5.31. The molecular formula is C13H13FO3. The van der Waals surface area contributed by atoms with Crippen molar-refractivity contribution in [1.82, 2.24) is 0 Å². The molecule has 0 aliphatic carbocycles. The summed E-state index contributed by atoms with van der Waals surface area (Å²) in [6, 6.07) is 6.89. The van der Waals surface area contributed by atoms with E-state index in [1.807, 2.05) is 0 Å². The van der Waals surface area contributed by atoms with Crippen LogP contribution in [0.25, 0.3) is 5.57 Å². The van der Waals surface area contributed by atoms with E-state index in [1.165, 1.54) is 0 Å². The Labute approximate surface area is 98.5 Å². The molecule has 0 saturated heterocycles. The number of hydrogen-bond donors (Lipinski definition) is 1. The van der Waals surface area contributed by atoms with Crippen molar-refractivity contribution in [2.45, 2.75) is 25.9 Å². The van der Waals surface area contributed by atoms with Gasteiger partial charge in [0.1, 0.15) is 11.4 Å². The number of rotatable bonds is 1. The molecule has 0 unspecified atom stereocenters. The Morgan fingerprint density at radius 1 is 1.41 bits per heavy atom. The first kappa shape index (κ1) is 11.6. The fraction of sp³-hybridized carbons (Fsp3) is 0.308. The predicted molar refractivity (Wildman–Crippen MR) is 61.4 cm³/mol. The molecule has 1 aromatic carbocycles. The Balaban J connectivity index is 2.62. The van der Waals surface area contributed by atoms with Gasteiger partial charge in [-0.05, 0) is 19.9 Å². The zero-order valence-electron chi connectivity index (χ0n) is 9.66. The largest absolute Gasteiger partial charge is 0.487 e. The molecule has 0 saturated carbocycles. The molecule has 3 nitrogen and oxygen atoms in total. The third-order valence-corrected chi connectivity index (χ3v) is 2.65. The lowest BCUT2D eigenvalue weighted by atomic mass is 9.89. The first-order chi connectivity index (χ1) is 7.91. The number of carboxylic acids is 1. The van der Waals surface area contributed by atoms with Crippen LogP contribution in [0.1, 0.15) is 25.8 Å². The van der Waals surface area contributed by atoms with Crippen molar-refractivity contribution in [1.29, 1.82) is 0 Å². The van der Waals surface area contributed by atoms with Crippen LogP contribution in [0, 0.1) is 0 Å². The summed E-state index contributed by atoms with van der Waals surface area (Å²) >= 11 is 0. The topological polar surface area (TPSA) is 46.5 Å². The molecule has 0 aromatic heterocycles. The minimum Gasteiger partial charge on any atom is -0.487 e. The smallest absolute Gasteiger partial charge is 0.365 e. The summed E-state index contributed by atoms with van der Waals surface area (Å²) in [7, 11) is 0. The number of benzene rings is 1. The monoisotopic (exact) mass is 236 g/mol. The number of carboxylic acid groups (broad SMARTS) is 1. The fourth-order valence-corrected chi connectivity index (χ4v) is 1.98. The fourth-order valence-electron chi connectivity index (χ4n) is 1.98. The Hall–Kier alpha value is -1.84. The minimum atomic E-state index is -1.53. The van der Waals surface area contributed by atoms with Gasteiger partial charge in [0.05, 0.1) is 0 Å². The van der Waals surface area contributed by atoms with Gasteiger partial charge in [-0.15, -0.1) is 0 Å². The molecule has 4 heteroatoms. The van der Waals surface area contributed by atoms with E-state index in [1.54, 1.807) is 38.1 Å². The van der Waals surface area contributed by atoms with E-state index in [9.17, 15) is 9.18 Å². The lowest BCUT2D eigenvalue weighted by Crippen LogP contribution is -2.32. The van der Waals surface area contributed by atoms with Crippen molar-refractivity contribution in [3.8, 4) is 5.75 Å². The molecule has 0 spiro atoms. The molecule has 0 radical (unpaired) electrons. The molecule has 1 aliphatic rings. The van der Waals surface area contributed by atoms with Gasteiger partial charge in [0.15, 0.2) is 0 Å². The van der Waals surface area contributed by atoms with Gasteiger partial charge in [-0.3, -0.25) is 0 Å². The second-order valence-electron chi connectivity index (χ2n) is 4.63. The van der Waals surface area contributed by atoms with Gasteiger partial charge >= 0.3 is 5.97 Å². The van der Waals surface area contributed by atoms with Crippen molar-refractivity contribution in [3.05, 3.63) is 35.7 Å². The van der Waals surface area contributed by atoms with E-state index < -0.39 is 17.4 Å². The normalized spacial score (nSPS) is 20.2. The Bertz CT molecular complexity index is 503. The van der Waals surface area contributed by atoms with Crippen LogP contribution in [-0.4, -0.2) is 16.7 Å². The van der Waals surface area contributed by atoms with Gasteiger partial charge in [0.25, 0.3) is 0 Å². The average molecular weight is 236 g/mol. The molecule has 0 bridgehead atoms. The maximum absolute atomic E-state index is 13.7. The molecule has 1 aromatic rings. The van der Waals surface area contributed by atoms with Crippen LogP contribution in [0.2, 0.25) is 0 Å². The zero-order valence-corrected chi connectivity index (χ0v) is 9.66. The summed E-state index contributed by atoms with van der Waals surface area (Å²) in [6.07, 6.45) is 0.238. The van der Waals surface area contributed by atoms with E-state index in [4.69, 9.17) is 9.84 Å². The molecular weight excluding hydrogens is 223 g/mol. The van der Waals surface area contributed by atoms with Crippen LogP contribution in [0.4, 0.5) is 4.39 Å². The van der Waals surface area contributed by atoms with E-state index >= 15 is 0 Å². The summed E-state index contributed by atoms with van der Waals surface area (Å²) in [6.45, 7) is 3.61. The van der Waals surface area contributed by atoms with Crippen LogP contribution in [0.15, 0.2) is 30.1 Å². The minimum absolute atomic E-state index is 0.198. The van der Waals surface area contributed by atoms with Gasteiger partial charge in [-0.25, -0.2) is 4.79 Å². The van der Waals surface area contributed by atoms with Crippen LogP contribution in [-0.2, 0) is 4.79 Å². The summed E-state index contributed by atoms with van der Waals surface area (Å²) in [5, 5.41) is 8.76. The van der Waals surface area contributed by atoms with Crippen molar-refractivity contribution in [3.63, 3.8) is 0 Å². The number of ether oxygens (including phenoxy) is 1. The number of carbonyl (C=O) groups is 1. The molecule has 2 rings (SSSR count). The number of para-hydroxylation sites is 1. The summed E-state index contributed by atoms with van der Waals surface area (Å²) < 4.78 is 19.3. The highest BCUT2D eigenvalue weighted by Crippen LogP contribution is 2.41. The van der Waals surface area contributed by atoms with E-state index in [2.05, 4.69) is 0 Å². The molecule has 0 amide bonds. The highest BCUT2D eigenvalue weighted by atomic mass is 19.1. The van der Waals surface area contributed by atoms with Gasteiger partial charge < -0.3 is 9.84 Å². The van der Waals surface area contributed by atoms with E-state index in [-0.39, 0.29) is 12.0 Å². The van der Waals surface area contributed by atoms with Crippen LogP contribution < -0.4 is 4.74 Å². The van der Waals surface area contributed by atoms with Crippen molar-refractivity contribution >= 4 is 11.5 Å². The highest BCUT2D eigenvalue weighted by Gasteiger charge is 2.33. The third-order valence-electron chi connectivity index (χ3n) is 2.65. The second kappa shape index (κ2) is 3.87. The standard InChI is InChI=1S/C13H13FO3/c1-13(2)7-9(11(14)12(15)16)8-5-3-4-6-10(8)17-13/h3-6H,7H2,1-2H3,(H,15,16)/b11-9-. The zero-order chi connectivity index (χ0) is 12.6. The number of hydrogen-bond acceptors (Lipinski definition) is 2. The van der Waals surface area contributed by atoms with Crippen LogP contribution in [0.5, 0.6) is 5.75 Å². The first-order valence-corrected chi connectivity index (χ1v) is 5.31. The van der Waals surface area contributed by atoms with Crippen LogP contribution >= 0.6 is 0 Å². The Kier molecular flexibility index (Phi) is 2.65. The highest BCUT2D eigenvalue weighted by molar-refractivity contribution is 5.95. The average Bonchev–Trinajstić information content (AvgIpc) is 2.25. The summed E-state index contributed by atoms with van der Waals surface area (Å²) in [4.78, 5) is 10.7. The van der Waals surface area contributed by atoms with Crippen molar-refractivity contribution in [2.75, 3.05) is 0 Å². The number of aliphatic carboxylic acids is 1. The predicted octanol–water partition coefficient (Wildman–Crippen LogP) is 3.01. The number of fused-ring (bicyclic) bond motifs is 1. The Morgan fingerprint density at radius 2 is 2.06 bits per heavy atom. The maximum Gasteiger partial charge on any atom is 0.365 e. The molecule has 0 fully saturated rings. The molecule has 1 N–H and O–H groups in total. The molecule has 1 heterocycles. The van der Waals surface area contributed by atoms with E-state index in [0.717, 1.165) is 0 Å². The van der Waals surface area contributed by atoms with Crippen molar-refractivity contribution in [2.24, 2.45) is 0 Å². The van der Waals surface area contributed by atoms with Gasteiger partial charge in [-0.2, -0.15) is 4.39 Å². The Morgan fingerprint density at radius 3 is 2.71 bits per heavy atom. The summed E-state index contributed by atoms with van der Waals surface area (Å²) in [5.41, 5.74) is 0.118. The molecule has 17 heavy (non-hydrogen) atoms. The van der Waals surface area contributed by atoms with Crippen molar-refractivity contribution < 1.29 is 19.0 Å².